The summed E-state index contributed by atoms with van der Waals surface area (Å²) in [7, 11) is 0. The van der Waals surface area contributed by atoms with Gasteiger partial charge in [0, 0.05) is 15.0 Å². The Bertz CT molecular complexity index is 343. The van der Waals surface area contributed by atoms with Gasteiger partial charge < -0.3 is 10.8 Å². The van der Waals surface area contributed by atoms with E-state index in [-0.39, 0.29) is 6.10 Å². The molecule has 3 N–H and O–H groups in total. The summed E-state index contributed by atoms with van der Waals surface area (Å²) < 4.78 is 0.922. The normalized spacial score (nSPS) is 31.3. The molecular weight excluding hydrogens is 265 g/mol. The van der Waals surface area contributed by atoms with Gasteiger partial charge in [0.25, 0.3) is 0 Å². The van der Waals surface area contributed by atoms with Gasteiger partial charge in [-0.15, -0.1) is 0 Å². The summed E-state index contributed by atoms with van der Waals surface area (Å²) in [6, 6.07) is 5.64. The van der Waals surface area contributed by atoms with Crippen LogP contribution in [0.4, 0.5) is 0 Å². The third-order valence-electron chi connectivity index (χ3n) is 2.64. The second-order valence-electron chi connectivity index (χ2n) is 3.88. The predicted molar refractivity (Wildman–Crippen MR) is 60.3 cm³/mol. The predicted octanol–water partition coefficient (Wildman–Crippen LogP) is 2.41. The van der Waals surface area contributed by atoms with E-state index in [4.69, 9.17) is 17.3 Å². The molecule has 0 atom stereocenters. The Kier molecular flexibility index (Phi) is 2.60. The Hall–Kier alpha value is -0.0900. The Morgan fingerprint density at radius 3 is 2.57 bits per heavy atom. The first-order valence-electron chi connectivity index (χ1n) is 4.43. The van der Waals surface area contributed by atoms with Crippen LogP contribution in [-0.2, 0) is 5.54 Å². The van der Waals surface area contributed by atoms with Crippen LogP contribution in [0.25, 0.3) is 0 Å². The van der Waals surface area contributed by atoms with Gasteiger partial charge in [-0.1, -0.05) is 27.5 Å². The van der Waals surface area contributed by atoms with Gasteiger partial charge in [-0.05, 0) is 36.6 Å². The second kappa shape index (κ2) is 3.49. The molecule has 1 fully saturated rings. The topological polar surface area (TPSA) is 46.2 Å². The number of rotatable bonds is 1. The summed E-state index contributed by atoms with van der Waals surface area (Å²) in [5.74, 6) is 0. The molecule has 0 radical (unpaired) electrons. The van der Waals surface area contributed by atoms with Gasteiger partial charge in [-0.2, -0.15) is 0 Å². The Morgan fingerprint density at radius 2 is 2.07 bits per heavy atom. The van der Waals surface area contributed by atoms with Gasteiger partial charge in [0.1, 0.15) is 0 Å². The Morgan fingerprint density at radius 1 is 1.43 bits per heavy atom. The quantitative estimate of drug-likeness (QED) is 0.827. The summed E-state index contributed by atoms with van der Waals surface area (Å²) in [6.45, 7) is 0. The highest BCUT2D eigenvalue weighted by molar-refractivity contribution is 9.10. The molecule has 2 rings (SSSR count). The van der Waals surface area contributed by atoms with Crippen molar-refractivity contribution >= 4 is 27.5 Å². The largest absolute Gasteiger partial charge is 0.393 e. The number of hydrogen-bond acceptors (Lipinski definition) is 2. The van der Waals surface area contributed by atoms with Gasteiger partial charge in [0.15, 0.2) is 0 Å². The van der Waals surface area contributed by atoms with Crippen LogP contribution in [0.15, 0.2) is 22.7 Å². The zero-order valence-electron chi connectivity index (χ0n) is 7.50. The lowest BCUT2D eigenvalue weighted by Gasteiger charge is -2.42. The number of halogens is 2. The fourth-order valence-electron chi connectivity index (χ4n) is 1.86. The lowest BCUT2D eigenvalue weighted by Crippen LogP contribution is -2.51. The van der Waals surface area contributed by atoms with Crippen molar-refractivity contribution in [1.82, 2.24) is 0 Å². The van der Waals surface area contributed by atoms with Crippen molar-refractivity contribution in [2.24, 2.45) is 5.73 Å². The highest BCUT2D eigenvalue weighted by Crippen LogP contribution is 2.40. The van der Waals surface area contributed by atoms with Gasteiger partial charge in [-0.25, -0.2) is 0 Å². The van der Waals surface area contributed by atoms with E-state index in [0.717, 1.165) is 10.0 Å². The highest BCUT2D eigenvalue weighted by Gasteiger charge is 2.41. The van der Waals surface area contributed by atoms with Crippen LogP contribution in [0.2, 0.25) is 5.02 Å². The van der Waals surface area contributed by atoms with Crippen molar-refractivity contribution in [3.8, 4) is 0 Å². The zero-order valence-corrected chi connectivity index (χ0v) is 9.85. The smallest absolute Gasteiger partial charge is 0.0582 e. The van der Waals surface area contributed by atoms with E-state index in [0.29, 0.717) is 17.9 Å². The summed E-state index contributed by atoms with van der Waals surface area (Å²) in [6.07, 6.45) is 0.956. The van der Waals surface area contributed by atoms with Crippen LogP contribution < -0.4 is 5.73 Å². The van der Waals surface area contributed by atoms with Crippen molar-refractivity contribution in [1.29, 1.82) is 0 Å². The monoisotopic (exact) mass is 275 g/mol. The van der Waals surface area contributed by atoms with E-state index >= 15 is 0 Å². The van der Waals surface area contributed by atoms with Crippen molar-refractivity contribution in [3.05, 3.63) is 33.3 Å². The van der Waals surface area contributed by atoms with Crippen LogP contribution in [0, 0.1) is 0 Å². The molecule has 1 aliphatic rings. The molecule has 1 saturated carbocycles. The molecule has 0 saturated heterocycles. The third kappa shape index (κ3) is 1.82. The van der Waals surface area contributed by atoms with Crippen LogP contribution in [0.5, 0.6) is 0 Å². The Balaban J connectivity index is 2.32. The lowest BCUT2D eigenvalue weighted by atomic mass is 9.71. The van der Waals surface area contributed by atoms with E-state index in [9.17, 15) is 5.11 Å². The third-order valence-corrected chi connectivity index (χ3v) is 3.31. The maximum Gasteiger partial charge on any atom is 0.0582 e. The van der Waals surface area contributed by atoms with Gasteiger partial charge in [-0.3, -0.25) is 0 Å². The molecule has 1 aromatic carbocycles. The molecule has 1 aromatic rings. The minimum absolute atomic E-state index is 0.266. The van der Waals surface area contributed by atoms with E-state index in [2.05, 4.69) is 15.9 Å². The lowest BCUT2D eigenvalue weighted by molar-refractivity contribution is 0.0209. The summed E-state index contributed by atoms with van der Waals surface area (Å²) in [5.41, 5.74) is 6.70. The number of aliphatic hydroxyl groups is 1. The molecule has 0 bridgehead atoms. The van der Waals surface area contributed by atoms with Crippen LogP contribution in [0.3, 0.4) is 0 Å². The van der Waals surface area contributed by atoms with Crippen molar-refractivity contribution in [3.63, 3.8) is 0 Å². The van der Waals surface area contributed by atoms with Crippen LogP contribution in [0.1, 0.15) is 18.4 Å². The number of benzene rings is 1. The fourth-order valence-corrected chi connectivity index (χ4v) is 2.72. The maximum atomic E-state index is 9.26. The van der Waals surface area contributed by atoms with Gasteiger partial charge in [0.05, 0.1) is 6.10 Å². The first kappa shape index (κ1) is 10.4. The molecule has 0 aromatic heterocycles. The minimum Gasteiger partial charge on any atom is -0.393 e. The van der Waals surface area contributed by atoms with Crippen molar-refractivity contribution in [2.45, 2.75) is 24.5 Å². The maximum absolute atomic E-state index is 9.26. The average Bonchev–Trinajstić information content (AvgIpc) is 1.99. The molecule has 1 aliphatic carbocycles. The number of hydrogen-bond donors (Lipinski definition) is 2. The van der Waals surface area contributed by atoms with Crippen LogP contribution in [-0.4, -0.2) is 11.2 Å². The molecule has 0 amide bonds. The number of nitrogens with two attached hydrogens (primary N) is 1. The molecule has 14 heavy (non-hydrogen) atoms. The summed E-state index contributed by atoms with van der Waals surface area (Å²) >= 11 is 9.30. The Labute approximate surface area is 96.2 Å². The van der Waals surface area contributed by atoms with E-state index in [1.54, 1.807) is 0 Å². The first-order chi connectivity index (χ1) is 6.49. The van der Waals surface area contributed by atoms with Crippen molar-refractivity contribution < 1.29 is 5.11 Å². The van der Waals surface area contributed by atoms with E-state index in [1.807, 2.05) is 18.2 Å². The highest BCUT2D eigenvalue weighted by atomic mass is 79.9. The van der Waals surface area contributed by atoms with E-state index in [1.165, 1.54) is 0 Å². The molecule has 0 spiro atoms. The standard InChI is InChI=1S/C10H11BrClNO/c11-7-1-6(2-8(12)3-7)10(13)4-9(14)5-10/h1-3,9,14H,4-5,13H2. The molecule has 4 heteroatoms. The van der Waals surface area contributed by atoms with Gasteiger partial charge in [0.2, 0.25) is 0 Å². The minimum atomic E-state index is -0.396. The fraction of sp³-hybridized carbons (Fsp3) is 0.400. The molecule has 76 valence electrons. The van der Waals surface area contributed by atoms with Crippen molar-refractivity contribution in [2.75, 3.05) is 0 Å². The summed E-state index contributed by atoms with van der Waals surface area (Å²) in [4.78, 5) is 0. The molecular formula is C10H11BrClNO. The number of aliphatic hydroxyl groups excluding tert-OH is 1. The average molecular weight is 277 g/mol. The van der Waals surface area contributed by atoms with E-state index < -0.39 is 5.54 Å². The molecule has 0 aliphatic heterocycles. The molecule has 0 unspecified atom stereocenters. The first-order valence-corrected chi connectivity index (χ1v) is 5.60. The SMILES string of the molecule is NC1(c2cc(Cl)cc(Br)c2)CC(O)C1. The molecule has 0 heterocycles. The molecule has 2 nitrogen and oxygen atoms in total. The summed E-state index contributed by atoms with van der Waals surface area (Å²) in [5, 5.41) is 9.93. The van der Waals surface area contributed by atoms with Gasteiger partial charge >= 0.3 is 0 Å². The zero-order chi connectivity index (χ0) is 10.3. The second-order valence-corrected chi connectivity index (χ2v) is 5.23. The van der Waals surface area contributed by atoms with Crippen LogP contribution >= 0.6 is 27.5 Å².